The second-order valence-electron chi connectivity index (χ2n) is 6.58. The van der Waals surface area contributed by atoms with E-state index in [2.05, 4.69) is 15.5 Å². The molecule has 0 bridgehead atoms. The third kappa shape index (κ3) is 3.32. The molecule has 0 unspecified atom stereocenters. The fourth-order valence-corrected chi connectivity index (χ4v) is 3.68. The number of fused-ring (bicyclic) bond motifs is 1. The van der Waals surface area contributed by atoms with E-state index in [-0.39, 0.29) is 29.9 Å². The van der Waals surface area contributed by atoms with Crippen LogP contribution in [0.2, 0.25) is 0 Å². The Labute approximate surface area is 150 Å². The van der Waals surface area contributed by atoms with Crippen LogP contribution in [0, 0.1) is 5.92 Å². The average Bonchev–Trinajstić information content (AvgIpc) is 3.37. The van der Waals surface area contributed by atoms with Gasteiger partial charge in [0.05, 0.1) is 48.8 Å². The second kappa shape index (κ2) is 7.25. The van der Waals surface area contributed by atoms with Crippen molar-refractivity contribution in [3.05, 3.63) is 48.2 Å². The van der Waals surface area contributed by atoms with Gasteiger partial charge < -0.3 is 19.4 Å². The highest BCUT2D eigenvalue weighted by molar-refractivity contribution is 5.94. The number of carbonyl (C=O) groups is 2. The third-order valence-corrected chi connectivity index (χ3v) is 4.99. The van der Waals surface area contributed by atoms with Crippen molar-refractivity contribution in [1.29, 1.82) is 0 Å². The first kappa shape index (κ1) is 16.7. The Kier molecular flexibility index (Phi) is 4.66. The lowest BCUT2D eigenvalue weighted by Crippen LogP contribution is -2.55. The van der Waals surface area contributed by atoms with Gasteiger partial charge in [-0.3, -0.25) is 9.59 Å². The number of carbonyl (C=O) groups excluding carboxylic acids is 2. The molecule has 0 saturated carbocycles. The van der Waals surface area contributed by atoms with E-state index in [0.717, 1.165) is 6.42 Å². The summed E-state index contributed by atoms with van der Waals surface area (Å²) in [6, 6.07) is 5.23. The van der Waals surface area contributed by atoms with Gasteiger partial charge in [-0.05, 0) is 31.0 Å². The summed E-state index contributed by atoms with van der Waals surface area (Å²) in [5.41, 5.74) is 0.474. The molecule has 0 spiro atoms. The van der Waals surface area contributed by atoms with Gasteiger partial charge in [-0.1, -0.05) is 0 Å². The molecule has 0 radical (unpaired) electrons. The smallest absolute Gasteiger partial charge is 0.255 e. The van der Waals surface area contributed by atoms with E-state index in [1.54, 1.807) is 23.3 Å². The van der Waals surface area contributed by atoms with E-state index in [9.17, 15) is 9.59 Å². The second-order valence-corrected chi connectivity index (χ2v) is 6.58. The lowest BCUT2D eigenvalue weighted by molar-refractivity contribution is -0.129. The number of amides is 2. The summed E-state index contributed by atoms with van der Waals surface area (Å²) in [6.45, 7) is 1.31. The molecule has 2 aromatic heterocycles. The number of nitrogens with one attached hydrogen (secondary N) is 1. The Hall–Kier alpha value is -2.74. The molecular weight excluding hydrogens is 336 g/mol. The molecule has 2 saturated heterocycles. The SMILES string of the molecule is O=C(NCc1ccco1)[C@@H]1C[C@@H]2OCC[C@@H]2N(C(=O)c2ccnnc2)C1. The summed E-state index contributed by atoms with van der Waals surface area (Å²) in [4.78, 5) is 27.3. The van der Waals surface area contributed by atoms with E-state index in [0.29, 0.717) is 37.4 Å². The van der Waals surface area contributed by atoms with Crippen molar-refractivity contribution < 1.29 is 18.7 Å². The molecule has 0 aliphatic carbocycles. The van der Waals surface area contributed by atoms with Gasteiger partial charge in [0, 0.05) is 13.2 Å². The lowest BCUT2D eigenvalue weighted by atomic mass is 9.89. The number of hydrogen-bond acceptors (Lipinski definition) is 6. The van der Waals surface area contributed by atoms with Gasteiger partial charge in [-0.15, -0.1) is 0 Å². The third-order valence-electron chi connectivity index (χ3n) is 4.99. The molecule has 2 aliphatic rings. The quantitative estimate of drug-likeness (QED) is 0.878. The molecule has 0 aromatic carbocycles. The summed E-state index contributed by atoms with van der Waals surface area (Å²) < 4.78 is 11.0. The molecular formula is C18H20N4O4. The molecule has 4 heterocycles. The highest BCUT2D eigenvalue weighted by atomic mass is 16.5. The van der Waals surface area contributed by atoms with Gasteiger partial charge in [0.25, 0.3) is 5.91 Å². The zero-order chi connectivity index (χ0) is 17.9. The molecule has 136 valence electrons. The number of nitrogens with zero attached hydrogens (tertiary/aromatic N) is 3. The monoisotopic (exact) mass is 356 g/mol. The first-order chi connectivity index (χ1) is 12.7. The molecule has 2 aliphatic heterocycles. The van der Waals surface area contributed by atoms with Crippen LogP contribution in [0.5, 0.6) is 0 Å². The molecule has 2 fully saturated rings. The number of likely N-dealkylation sites (tertiary alicyclic amines) is 1. The minimum atomic E-state index is -0.317. The van der Waals surface area contributed by atoms with Crippen LogP contribution >= 0.6 is 0 Å². The predicted molar refractivity (Wildman–Crippen MR) is 89.9 cm³/mol. The van der Waals surface area contributed by atoms with Gasteiger partial charge >= 0.3 is 0 Å². The zero-order valence-electron chi connectivity index (χ0n) is 14.2. The van der Waals surface area contributed by atoms with Crippen molar-refractivity contribution in [2.75, 3.05) is 13.2 Å². The molecule has 4 rings (SSSR count). The topological polar surface area (TPSA) is 97.6 Å². The summed E-state index contributed by atoms with van der Waals surface area (Å²) >= 11 is 0. The van der Waals surface area contributed by atoms with Crippen LogP contribution in [0.15, 0.2) is 41.3 Å². The number of furan rings is 1. The highest BCUT2D eigenvalue weighted by Gasteiger charge is 2.44. The van der Waals surface area contributed by atoms with Crippen LogP contribution in [0.25, 0.3) is 0 Å². The lowest BCUT2D eigenvalue weighted by Gasteiger charge is -2.40. The van der Waals surface area contributed by atoms with Crippen LogP contribution in [-0.4, -0.2) is 52.2 Å². The summed E-state index contributed by atoms with van der Waals surface area (Å²) in [5, 5.41) is 10.4. The Morgan fingerprint density at radius 1 is 1.31 bits per heavy atom. The molecule has 3 atom stereocenters. The summed E-state index contributed by atoms with van der Waals surface area (Å²) in [7, 11) is 0. The zero-order valence-corrected chi connectivity index (χ0v) is 14.2. The summed E-state index contributed by atoms with van der Waals surface area (Å²) in [5.74, 6) is 0.146. The Balaban J connectivity index is 1.47. The van der Waals surface area contributed by atoms with Crippen LogP contribution in [0.1, 0.15) is 29.0 Å². The highest BCUT2D eigenvalue weighted by Crippen LogP contribution is 2.32. The molecule has 26 heavy (non-hydrogen) atoms. The number of aromatic nitrogens is 2. The maximum absolute atomic E-state index is 12.9. The molecule has 8 heteroatoms. The summed E-state index contributed by atoms with van der Waals surface area (Å²) in [6.07, 6.45) is 5.81. The minimum absolute atomic E-state index is 0.00443. The largest absolute Gasteiger partial charge is 0.467 e. The predicted octanol–water partition coefficient (Wildman–Crippen LogP) is 1.01. The van der Waals surface area contributed by atoms with E-state index in [1.165, 1.54) is 12.4 Å². The molecule has 2 amide bonds. The molecule has 2 aromatic rings. The number of rotatable bonds is 4. The van der Waals surface area contributed by atoms with E-state index in [4.69, 9.17) is 9.15 Å². The van der Waals surface area contributed by atoms with Crippen molar-refractivity contribution >= 4 is 11.8 Å². The van der Waals surface area contributed by atoms with Crippen LogP contribution < -0.4 is 5.32 Å². The Bertz CT molecular complexity index is 765. The van der Waals surface area contributed by atoms with E-state index < -0.39 is 0 Å². The van der Waals surface area contributed by atoms with Crippen molar-refractivity contribution in [3.63, 3.8) is 0 Å². The van der Waals surface area contributed by atoms with Crippen molar-refractivity contribution in [3.8, 4) is 0 Å². The van der Waals surface area contributed by atoms with E-state index >= 15 is 0 Å². The van der Waals surface area contributed by atoms with Gasteiger partial charge in [0.15, 0.2) is 0 Å². The fourth-order valence-electron chi connectivity index (χ4n) is 3.68. The fraction of sp³-hybridized carbons (Fsp3) is 0.444. The van der Waals surface area contributed by atoms with Crippen molar-refractivity contribution in [2.24, 2.45) is 5.92 Å². The normalized spacial score (nSPS) is 24.9. The van der Waals surface area contributed by atoms with Crippen LogP contribution in [-0.2, 0) is 16.1 Å². The Morgan fingerprint density at radius 2 is 2.23 bits per heavy atom. The molecule has 1 N–H and O–H groups in total. The maximum Gasteiger partial charge on any atom is 0.255 e. The van der Waals surface area contributed by atoms with Crippen molar-refractivity contribution in [1.82, 2.24) is 20.4 Å². The first-order valence-corrected chi connectivity index (χ1v) is 8.72. The first-order valence-electron chi connectivity index (χ1n) is 8.72. The van der Waals surface area contributed by atoms with Crippen LogP contribution in [0.3, 0.4) is 0 Å². The average molecular weight is 356 g/mol. The maximum atomic E-state index is 12.9. The van der Waals surface area contributed by atoms with E-state index in [1.807, 2.05) is 6.07 Å². The number of ether oxygens (including phenoxy) is 1. The number of hydrogen-bond donors (Lipinski definition) is 1. The number of piperidine rings is 1. The Morgan fingerprint density at radius 3 is 3.00 bits per heavy atom. The molecule has 8 nitrogen and oxygen atoms in total. The van der Waals surface area contributed by atoms with Gasteiger partial charge in [-0.2, -0.15) is 10.2 Å². The van der Waals surface area contributed by atoms with Gasteiger partial charge in [0.1, 0.15) is 5.76 Å². The van der Waals surface area contributed by atoms with Crippen LogP contribution in [0.4, 0.5) is 0 Å². The van der Waals surface area contributed by atoms with Gasteiger partial charge in [0.2, 0.25) is 5.91 Å². The van der Waals surface area contributed by atoms with Crippen molar-refractivity contribution in [2.45, 2.75) is 31.5 Å². The standard InChI is InChI=1S/C18H20N4O4/c23-17(19-10-14-2-1-6-25-14)13-8-16-15(4-7-26-16)22(11-13)18(24)12-3-5-20-21-9-12/h1-3,5-6,9,13,15-16H,4,7-8,10-11H2,(H,19,23)/t13-,15+,16+/m1/s1. The van der Waals surface area contributed by atoms with Gasteiger partial charge in [-0.25, -0.2) is 0 Å². The minimum Gasteiger partial charge on any atom is -0.467 e.